The lowest BCUT2D eigenvalue weighted by molar-refractivity contribution is -0.139. The Hall–Kier alpha value is -0.830. The normalized spacial score (nSPS) is 18.6. The van der Waals surface area contributed by atoms with Crippen LogP contribution in [0.25, 0.3) is 0 Å². The van der Waals surface area contributed by atoms with Crippen molar-refractivity contribution in [1.29, 1.82) is 0 Å². The predicted molar refractivity (Wildman–Crippen MR) is 58.6 cm³/mol. The van der Waals surface area contributed by atoms with E-state index in [-0.39, 0.29) is 5.97 Å². The van der Waals surface area contributed by atoms with Gasteiger partial charge in [0, 0.05) is 5.57 Å². The molecule has 1 aliphatic rings. The van der Waals surface area contributed by atoms with Crippen molar-refractivity contribution < 1.29 is 14.3 Å². The van der Waals surface area contributed by atoms with Crippen LogP contribution in [0.5, 0.6) is 0 Å². The van der Waals surface area contributed by atoms with E-state index in [1.54, 1.807) is 0 Å². The predicted octanol–water partition coefficient (Wildman–Crippen LogP) is 2.46. The number of epoxide rings is 1. The third-order valence-corrected chi connectivity index (χ3v) is 2.52. The third-order valence-electron chi connectivity index (χ3n) is 2.52. The molecule has 1 fully saturated rings. The van der Waals surface area contributed by atoms with Crippen LogP contribution in [0.4, 0.5) is 0 Å². The van der Waals surface area contributed by atoms with E-state index in [1.807, 2.05) is 6.92 Å². The molecule has 1 heterocycles. The zero-order chi connectivity index (χ0) is 11.1. The van der Waals surface area contributed by atoms with Gasteiger partial charge in [0.2, 0.25) is 0 Å². The second-order valence-electron chi connectivity index (χ2n) is 3.90. The zero-order valence-corrected chi connectivity index (χ0v) is 9.46. The first-order chi connectivity index (χ1) is 7.24. The molecule has 3 nitrogen and oxygen atoms in total. The summed E-state index contributed by atoms with van der Waals surface area (Å²) in [7, 11) is 0. The topological polar surface area (TPSA) is 38.8 Å². The van der Waals surface area contributed by atoms with Crippen LogP contribution >= 0.6 is 0 Å². The fourth-order valence-corrected chi connectivity index (χ4v) is 1.30. The maximum Gasteiger partial charge on any atom is 0.333 e. The Bertz CT molecular complexity index is 219. The smallest absolute Gasteiger partial charge is 0.333 e. The largest absolute Gasteiger partial charge is 0.462 e. The summed E-state index contributed by atoms with van der Waals surface area (Å²) >= 11 is 0. The average Bonchev–Trinajstić information content (AvgIpc) is 3.05. The molecule has 0 saturated carbocycles. The molecule has 0 spiro atoms. The fraction of sp³-hybridized carbons (Fsp3) is 0.750. The Balaban J connectivity index is 1.86. The maximum absolute atomic E-state index is 11.2. The van der Waals surface area contributed by atoms with Crippen LogP contribution in [0.2, 0.25) is 0 Å². The molecule has 1 rings (SSSR count). The number of carbonyl (C=O) groups excluding carboxylic acids is 1. The van der Waals surface area contributed by atoms with Gasteiger partial charge < -0.3 is 9.47 Å². The molecule has 0 aromatic rings. The third kappa shape index (κ3) is 5.57. The van der Waals surface area contributed by atoms with E-state index in [1.165, 1.54) is 0 Å². The summed E-state index contributed by atoms with van der Waals surface area (Å²) in [4.78, 5) is 11.2. The van der Waals surface area contributed by atoms with Crippen molar-refractivity contribution >= 4 is 5.97 Å². The van der Waals surface area contributed by atoms with Crippen molar-refractivity contribution in [2.24, 2.45) is 0 Å². The highest BCUT2D eigenvalue weighted by molar-refractivity contribution is 5.87. The Morgan fingerprint density at radius 2 is 2.20 bits per heavy atom. The molecule has 0 radical (unpaired) electrons. The zero-order valence-electron chi connectivity index (χ0n) is 9.46. The van der Waals surface area contributed by atoms with Gasteiger partial charge in [-0.2, -0.15) is 0 Å². The van der Waals surface area contributed by atoms with Crippen molar-refractivity contribution in [3.05, 3.63) is 12.2 Å². The van der Waals surface area contributed by atoms with Gasteiger partial charge in [-0.05, 0) is 25.7 Å². The lowest BCUT2D eigenvalue weighted by Gasteiger charge is -2.04. The van der Waals surface area contributed by atoms with Crippen LogP contribution in [0.1, 0.15) is 39.0 Å². The molecule has 1 saturated heterocycles. The summed E-state index contributed by atoms with van der Waals surface area (Å²) in [5, 5.41) is 0. The molecule has 1 unspecified atom stereocenters. The van der Waals surface area contributed by atoms with Crippen LogP contribution in [-0.2, 0) is 14.3 Å². The second kappa shape index (κ2) is 6.62. The van der Waals surface area contributed by atoms with Gasteiger partial charge in [0.15, 0.2) is 0 Å². The van der Waals surface area contributed by atoms with E-state index in [2.05, 4.69) is 6.58 Å². The van der Waals surface area contributed by atoms with Gasteiger partial charge in [-0.25, -0.2) is 4.79 Å². The van der Waals surface area contributed by atoms with Crippen LogP contribution in [0, 0.1) is 0 Å². The Morgan fingerprint density at radius 1 is 1.47 bits per heavy atom. The molecule has 0 N–H and O–H groups in total. The van der Waals surface area contributed by atoms with Crippen LogP contribution < -0.4 is 0 Å². The molecule has 15 heavy (non-hydrogen) atoms. The van der Waals surface area contributed by atoms with Gasteiger partial charge in [0.1, 0.15) is 0 Å². The minimum absolute atomic E-state index is 0.247. The molecule has 0 aromatic heterocycles. The lowest BCUT2D eigenvalue weighted by atomic mass is 10.1. The highest BCUT2D eigenvalue weighted by atomic mass is 16.6. The second-order valence-corrected chi connectivity index (χ2v) is 3.90. The van der Waals surface area contributed by atoms with E-state index >= 15 is 0 Å². The molecular formula is C12H20O3. The first-order valence-electron chi connectivity index (χ1n) is 5.70. The van der Waals surface area contributed by atoms with Crippen molar-refractivity contribution in [3.63, 3.8) is 0 Å². The summed E-state index contributed by atoms with van der Waals surface area (Å²) in [6.07, 6.45) is 5.54. The molecular weight excluding hydrogens is 192 g/mol. The average molecular weight is 212 g/mol. The minimum atomic E-state index is -0.247. The lowest BCUT2D eigenvalue weighted by Crippen LogP contribution is -2.07. The Labute approximate surface area is 91.4 Å². The minimum Gasteiger partial charge on any atom is -0.462 e. The first-order valence-corrected chi connectivity index (χ1v) is 5.70. The number of rotatable bonds is 8. The quantitative estimate of drug-likeness (QED) is 0.268. The van der Waals surface area contributed by atoms with Gasteiger partial charge >= 0.3 is 5.97 Å². The summed E-state index contributed by atoms with van der Waals surface area (Å²) in [5.41, 5.74) is 0.557. The van der Waals surface area contributed by atoms with E-state index in [0.29, 0.717) is 24.7 Å². The molecule has 1 aliphatic heterocycles. The number of hydrogen-bond donors (Lipinski definition) is 0. The Kier molecular flexibility index (Phi) is 5.40. The molecule has 0 bridgehead atoms. The SMILES string of the molecule is C=C(CC)C(=O)OCCCCCC1CO1. The number of carbonyl (C=O) groups is 1. The van der Waals surface area contributed by atoms with E-state index in [9.17, 15) is 4.79 Å². The van der Waals surface area contributed by atoms with Crippen LogP contribution in [0.15, 0.2) is 12.2 Å². The highest BCUT2D eigenvalue weighted by Crippen LogP contribution is 2.17. The van der Waals surface area contributed by atoms with Crippen LogP contribution in [-0.4, -0.2) is 25.3 Å². The van der Waals surface area contributed by atoms with E-state index < -0.39 is 0 Å². The molecule has 1 atom stereocenters. The summed E-state index contributed by atoms with van der Waals surface area (Å²) < 4.78 is 10.1. The van der Waals surface area contributed by atoms with Crippen molar-refractivity contribution in [2.45, 2.75) is 45.1 Å². The van der Waals surface area contributed by atoms with Crippen molar-refractivity contribution in [2.75, 3.05) is 13.2 Å². The number of esters is 1. The summed E-state index contributed by atoms with van der Waals surface area (Å²) in [5.74, 6) is -0.247. The van der Waals surface area contributed by atoms with Crippen molar-refractivity contribution in [1.82, 2.24) is 0 Å². The highest BCUT2D eigenvalue weighted by Gasteiger charge is 2.20. The Morgan fingerprint density at radius 3 is 2.80 bits per heavy atom. The van der Waals surface area contributed by atoms with Crippen LogP contribution in [0.3, 0.4) is 0 Å². The van der Waals surface area contributed by atoms with Gasteiger partial charge in [0.05, 0.1) is 19.3 Å². The van der Waals surface area contributed by atoms with Gasteiger partial charge in [0.25, 0.3) is 0 Å². The van der Waals surface area contributed by atoms with Gasteiger partial charge in [-0.15, -0.1) is 0 Å². The van der Waals surface area contributed by atoms with Crippen molar-refractivity contribution in [3.8, 4) is 0 Å². The molecule has 0 aromatic carbocycles. The monoisotopic (exact) mass is 212 g/mol. The van der Waals surface area contributed by atoms with Gasteiger partial charge in [-0.3, -0.25) is 0 Å². The number of ether oxygens (including phenoxy) is 2. The van der Waals surface area contributed by atoms with Gasteiger partial charge in [-0.1, -0.05) is 19.9 Å². The first kappa shape index (κ1) is 12.2. The number of hydrogen-bond acceptors (Lipinski definition) is 3. The fourth-order valence-electron chi connectivity index (χ4n) is 1.30. The summed E-state index contributed by atoms with van der Waals surface area (Å²) in [6.45, 7) is 6.98. The molecule has 3 heteroatoms. The molecule has 0 amide bonds. The number of unbranched alkanes of at least 4 members (excludes halogenated alkanes) is 2. The molecule has 0 aliphatic carbocycles. The van der Waals surface area contributed by atoms with E-state index in [4.69, 9.17) is 9.47 Å². The standard InChI is InChI=1S/C12H20O3/c1-3-10(2)12(13)14-8-6-4-5-7-11-9-15-11/h11H,2-9H2,1H3. The summed E-state index contributed by atoms with van der Waals surface area (Å²) in [6, 6.07) is 0. The van der Waals surface area contributed by atoms with E-state index in [0.717, 1.165) is 32.3 Å². The maximum atomic E-state index is 11.2. The molecule has 86 valence electrons.